The number of methoxy groups -OCH3 is 1. The molecule has 0 bridgehead atoms. The van der Waals surface area contributed by atoms with Crippen molar-refractivity contribution in [2.24, 2.45) is 0 Å². The Bertz CT molecular complexity index is 844. The first-order valence-corrected chi connectivity index (χ1v) is 9.74. The van der Waals surface area contributed by atoms with Crippen LogP contribution in [0, 0.1) is 0 Å². The van der Waals surface area contributed by atoms with Gasteiger partial charge in [-0.05, 0) is 42.2 Å². The topological polar surface area (TPSA) is 37.0 Å². The van der Waals surface area contributed by atoms with Gasteiger partial charge in [0, 0.05) is 29.4 Å². The molecule has 0 aliphatic rings. The van der Waals surface area contributed by atoms with Gasteiger partial charge in [-0.2, -0.15) is 0 Å². The van der Waals surface area contributed by atoms with E-state index in [2.05, 4.69) is 52.9 Å². The maximum absolute atomic E-state index is 5.43. The van der Waals surface area contributed by atoms with E-state index in [1.807, 2.05) is 12.1 Å². The van der Waals surface area contributed by atoms with Crippen molar-refractivity contribution in [3.63, 3.8) is 0 Å². The van der Waals surface area contributed by atoms with Gasteiger partial charge >= 0.3 is 0 Å². The summed E-state index contributed by atoms with van der Waals surface area (Å²) in [5.74, 6) is 1.87. The van der Waals surface area contributed by atoms with Gasteiger partial charge in [0.2, 0.25) is 0 Å². The molecule has 1 aromatic heterocycles. The van der Waals surface area contributed by atoms with Crippen molar-refractivity contribution >= 4 is 39.2 Å². The fourth-order valence-electron chi connectivity index (χ4n) is 2.78. The first kappa shape index (κ1) is 17.8. The number of thioether (sulfide) groups is 1. The van der Waals surface area contributed by atoms with Crippen LogP contribution < -0.4 is 10.1 Å². The van der Waals surface area contributed by atoms with E-state index in [4.69, 9.17) is 17.0 Å². The van der Waals surface area contributed by atoms with Crippen LogP contribution in [-0.4, -0.2) is 28.7 Å². The zero-order valence-corrected chi connectivity index (χ0v) is 15.9. The lowest BCUT2D eigenvalue weighted by atomic mass is 10.1. The van der Waals surface area contributed by atoms with Crippen LogP contribution in [0.5, 0.6) is 5.75 Å². The molecular formula is C20H22N2OS2. The number of ether oxygens (including phenoxy) is 1. The Labute approximate surface area is 158 Å². The molecule has 0 spiro atoms. The standard InChI is InChI=1S/C20H22N2OS2/c1-23-17-6-4-5-15(13-17)10-12-25-20(24)21-11-9-16-14-22-19-8-3-2-7-18(16)19/h2-8,13-14,22H,9-12H2,1H3,(H,21,24). The number of H-pyrrole nitrogens is 1. The van der Waals surface area contributed by atoms with Gasteiger partial charge in [0.05, 0.1) is 7.11 Å². The molecule has 0 aliphatic heterocycles. The first-order valence-electron chi connectivity index (χ1n) is 8.35. The summed E-state index contributed by atoms with van der Waals surface area (Å²) in [6, 6.07) is 16.6. The number of aryl methyl sites for hydroxylation is 1. The average Bonchev–Trinajstić information content (AvgIpc) is 3.05. The Hall–Kier alpha value is -1.98. The molecule has 0 saturated heterocycles. The molecular weight excluding hydrogens is 348 g/mol. The number of nitrogens with one attached hydrogen (secondary N) is 2. The van der Waals surface area contributed by atoms with Crippen molar-refractivity contribution < 1.29 is 4.74 Å². The lowest BCUT2D eigenvalue weighted by Crippen LogP contribution is -2.21. The number of aromatic nitrogens is 1. The van der Waals surface area contributed by atoms with E-state index in [0.717, 1.165) is 35.2 Å². The summed E-state index contributed by atoms with van der Waals surface area (Å²) in [4.78, 5) is 3.31. The van der Waals surface area contributed by atoms with E-state index in [1.54, 1.807) is 18.9 Å². The van der Waals surface area contributed by atoms with Gasteiger partial charge in [0.1, 0.15) is 10.1 Å². The number of para-hydroxylation sites is 1. The zero-order valence-electron chi connectivity index (χ0n) is 14.2. The predicted octanol–water partition coefficient (Wildman–Crippen LogP) is 4.57. The van der Waals surface area contributed by atoms with Gasteiger partial charge < -0.3 is 15.0 Å². The summed E-state index contributed by atoms with van der Waals surface area (Å²) in [6.45, 7) is 0.854. The molecule has 0 saturated carbocycles. The monoisotopic (exact) mass is 370 g/mol. The molecule has 3 rings (SSSR count). The summed E-state index contributed by atoms with van der Waals surface area (Å²) in [7, 11) is 1.70. The summed E-state index contributed by atoms with van der Waals surface area (Å²) in [5.41, 5.74) is 3.79. The molecule has 0 amide bonds. The van der Waals surface area contributed by atoms with E-state index in [9.17, 15) is 0 Å². The predicted molar refractivity (Wildman–Crippen MR) is 112 cm³/mol. The Balaban J connectivity index is 1.39. The number of aromatic amines is 1. The average molecular weight is 371 g/mol. The number of hydrogen-bond acceptors (Lipinski definition) is 3. The van der Waals surface area contributed by atoms with Crippen LogP contribution in [0.3, 0.4) is 0 Å². The van der Waals surface area contributed by atoms with Gasteiger partial charge in [-0.3, -0.25) is 0 Å². The number of hydrogen-bond donors (Lipinski definition) is 2. The fraction of sp³-hybridized carbons (Fsp3) is 0.250. The third-order valence-corrected chi connectivity index (χ3v) is 5.41. The molecule has 0 unspecified atom stereocenters. The molecule has 0 radical (unpaired) electrons. The van der Waals surface area contributed by atoms with E-state index >= 15 is 0 Å². The first-order chi connectivity index (χ1) is 12.3. The molecule has 5 heteroatoms. The highest BCUT2D eigenvalue weighted by Gasteiger charge is 2.04. The molecule has 2 N–H and O–H groups in total. The highest BCUT2D eigenvalue weighted by molar-refractivity contribution is 8.22. The Morgan fingerprint density at radius 3 is 2.92 bits per heavy atom. The van der Waals surface area contributed by atoms with Crippen LogP contribution in [-0.2, 0) is 12.8 Å². The van der Waals surface area contributed by atoms with Crippen LogP contribution >= 0.6 is 24.0 Å². The van der Waals surface area contributed by atoms with Crippen LogP contribution in [0.25, 0.3) is 10.9 Å². The van der Waals surface area contributed by atoms with Crippen molar-refractivity contribution in [2.75, 3.05) is 19.4 Å². The van der Waals surface area contributed by atoms with Gasteiger partial charge in [0.25, 0.3) is 0 Å². The minimum atomic E-state index is 0.854. The molecule has 3 nitrogen and oxygen atoms in total. The van der Waals surface area contributed by atoms with E-state index in [-0.39, 0.29) is 0 Å². The molecule has 3 aromatic rings. The summed E-state index contributed by atoms with van der Waals surface area (Å²) >= 11 is 7.13. The Morgan fingerprint density at radius 2 is 2.04 bits per heavy atom. The second kappa shape index (κ2) is 8.92. The summed E-state index contributed by atoms with van der Waals surface area (Å²) in [6.07, 6.45) is 4.03. The SMILES string of the molecule is COc1cccc(CCSC(=S)NCCc2c[nH]c3ccccc23)c1. The van der Waals surface area contributed by atoms with Gasteiger partial charge in [-0.15, -0.1) is 0 Å². The Morgan fingerprint density at radius 1 is 1.16 bits per heavy atom. The normalized spacial score (nSPS) is 10.8. The van der Waals surface area contributed by atoms with E-state index in [0.29, 0.717) is 0 Å². The maximum Gasteiger partial charge on any atom is 0.133 e. The number of rotatable bonds is 7. The summed E-state index contributed by atoms with van der Waals surface area (Å²) in [5, 5.41) is 4.64. The van der Waals surface area contributed by atoms with Crippen LogP contribution in [0.4, 0.5) is 0 Å². The summed E-state index contributed by atoms with van der Waals surface area (Å²) < 4.78 is 6.12. The van der Waals surface area contributed by atoms with Crippen LogP contribution in [0.15, 0.2) is 54.7 Å². The van der Waals surface area contributed by atoms with Gasteiger partial charge in [-0.1, -0.05) is 54.3 Å². The third kappa shape index (κ3) is 5.00. The second-order valence-electron chi connectivity index (χ2n) is 5.77. The molecule has 0 fully saturated rings. The van der Waals surface area contributed by atoms with Gasteiger partial charge in [0.15, 0.2) is 0 Å². The van der Waals surface area contributed by atoms with Crippen molar-refractivity contribution in [1.29, 1.82) is 0 Å². The molecule has 130 valence electrons. The number of thiocarbonyl (C=S) groups is 1. The molecule has 25 heavy (non-hydrogen) atoms. The van der Waals surface area contributed by atoms with Gasteiger partial charge in [-0.25, -0.2) is 0 Å². The quantitative estimate of drug-likeness (QED) is 0.598. The van der Waals surface area contributed by atoms with E-state index in [1.165, 1.54) is 22.0 Å². The minimum absolute atomic E-state index is 0.854. The van der Waals surface area contributed by atoms with Crippen molar-refractivity contribution in [3.8, 4) is 5.75 Å². The highest BCUT2D eigenvalue weighted by Crippen LogP contribution is 2.18. The van der Waals surface area contributed by atoms with Crippen molar-refractivity contribution in [2.45, 2.75) is 12.8 Å². The lowest BCUT2D eigenvalue weighted by molar-refractivity contribution is 0.414. The van der Waals surface area contributed by atoms with E-state index < -0.39 is 0 Å². The van der Waals surface area contributed by atoms with Crippen molar-refractivity contribution in [3.05, 3.63) is 65.9 Å². The van der Waals surface area contributed by atoms with Crippen LogP contribution in [0.2, 0.25) is 0 Å². The smallest absolute Gasteiger partial charge is 0.133 e. The zero-order chi connectivity index (χ0) is 17.5. The lowest BCUT2D eigenvalue weighted by Gasteiger charge is -2.08. The minimum Gasteiger partial charge on any atom is -0.497 e. The molecule has 0 atom stereocenters. The largest absolute Gasteiger partial charge is 0.497 e. The fourth-order valence-corrected chi connectivity index (χ4v) is 3.86. The Kier molecular flexibility index (Phi) is 6.36. The number of fused-ring (bicyclic) bond motifs is 1. The highest BCUT2D eigenvalue weighted by atomic mass is 32.2. The third-order valence-electron chi connectivity index (χ3n) is 4.10. The number of benzene rings is 2. The molecule has 0 aliphatic carbocycles. The maximum atomic E-state index is 5.43. The van der Waals surface area contributed by atoms with Crippen molar-refractivity contribution in [1.82, 2.24) is 10.3 Å². The molecule has 1 heterocycles. The van der Waals surface area contributed by atoms with Crippen LogP contribution in [0.1, 0.15) is 11.1 Å². The molecule has 2 aromatic carbocycles. The second-order valence-corrected chi connectivity index (χ2v) is 7.55.